The van der Waals surface area contributed by atoms with Crippen LogP contribution in [0.3, 0.4) is 0 Å². The third-order valence-corrected chi connectivity index (χ3v) is 5.28. The van der Waals surface area contributed by atoms with E-state index in [4.69, 9.17) is 21.1 Å². The highest BCUT2D eigenvalue weighted by atomic mass is 35.5. The Labute approximate surface area is 215 Å². The summed E-state index contributed by atoms with van der Waals surface area (Å²) in [6, 6.07) is 18.3. The van der Waals surface area contributed by atoms with Gasteiger partial charge in [0.05, 0.1) is 28.1 Å². The van der Waals surface area contributed by atoms with E-state index >= 15 is 0 Å². The number of fused-ring (bicyclic) bond motifs is 1. The third-order valence-electron chi connectivity index (χ3n) is 5.06. The quantitative estimate of drug-likeness (QED) is 0.141. The molecule has 4 aromatic rings. The SMILES string of the molecule is CC(C)OC(=O)COc1c(C=Nn2c(-c3ccccc3)nc3ccccc3c2=O)cc(Cl)cc1[N+](=O)[O-]. The van der Waals surface area contributed by atoms with Gasteiger partial charge < -0.3 is 9.47 Å². The number of benzene rings is 3. The van der Waals surface area contributed by atoms with E-state index in [9.17, 15) is 19.7 Å². The molecule has 0 N–H and O–H groups in total. The lowest BCUT2D eigenvalue weighted by Gasteiger charge is -2.12. The Balaban J connectivity index is 1.85. The molecule has 188 valence electrons. The van der Waals surface area contributed by atoms with E-state index in [1.807, 2.05) is 6.07 Å². The number of nitro benzene ring substituents is 1. The molecule has 0 fully saturated rings. The average Bonchev–Trinajstić information content (AvgIpc) is 2.87. The fraction of sp³-hybridized carbons (Fsp3) is 0.154. The van der Waals surface area contributed by atoms with E-state index in [2.05, 4.69) is 10.1 Å². The second-order valence-corrected chi connectivity index (χ2v) is 8.54. The number of carbonyl (C=O) groups is 1. The Morgan fingerprint density at radius 3 is 2.57 bits per heavy atom. The van der Waals surface area contributed by atoms with Crippen molar-refractivity contribution in [2.75, 3.05) is 6.61 Å². The predicted octanol–water partition coefficient (Wildman–Crippen LogP) is 4.84. The Hall–Kier alpha value is -4.57. The summed E-state index contributed by atoms with van der Waals surface area (Å²) in [7, 11) is 0. The molecule has 0 unspecified atom stereocenters. The molecule has 0 amide bonds. The number of esters is 1. The van der Waals surface area contributed by atoms with Gasteiger partial charge in [-0.2, -0.15) is 9.78 Å². The molecule has 0 aliphatic carbocycles. The number of hydrogen-bond donors (Lipinski definition) is 0. The molecule has 4 rings (SSSR count). The second kappa shape index (κ2) is 11.0. The smallest absolute Gasteiger partial charge is 0.344 e. The van der Waals surface area contributed by atoms with Gasteiger partial charge in [0, 0.05) is 22.2 Å². The molecule has 0 bridgehead atoms. The summed E-state index contributed by atoms with van der Waals surface area (Å²) in [6.45, 7) is 2.76. The van der Waals surface area contributed by atoms with Crippen molar-refractivity contribution >= 4 is 40.4 Å². The second-order valence-electron chi connectivity index (χ2n) is 8.11. The van der Waals surface area contributed by atoms with Crippen LogP contribution in [0.25, 0.3) is 22.3 Å². The lowest BCUT2D eigenvalue weighted by molar-refractivity contribution is -0.385. The molecule has 1 aromatic heterocycles. The summed E-state index contributed by atoms with van der Waals surface area (Å²) in [4.78, 5) is 41.0. The molecule has 3 aromatic carbocycles. The Morgan fingerprint density at radius 1 is 1.16 bits per heavy atom. The highest BCUT2D eigenvalue weighted by Crippen LogP contribution is 2.34. The summed E-state index contributed by atoms with van der Waals surface area (Å²) in [5.74, 6) is -0.689. The monoisotopic (exact) mass is 520 g/mol. The number of rotatable bonds is 8. The van der Waals surface area contributed by atoms with E-state index in [0.29, 0.717) is 16.5 Å². The van der Waals surface area contributed by atoms with Crippen LogP contribution in [-0.2, 0) is 9.53 Å². The van der Waals surface area contributed by atoms with E-state index < -0.39 is 28.7 Å². The summed E-state index contributed by atoms with van der Waals surface area (Å²) in [5, 5.41) is 16.4. The molecule has 10 nitrogen and oxygen atoms in total. The summed E-state index contributed by atoms with van der Waals surface area (Å²) in [6.07, 6.45) is 0.813. The average molecular weight is 521 g/mol. The number of carbonyl (C=O) groups excluding carboxylic acids is 1. The van der Waals surface area contributed by atoms with E-state index in [1.165, 1.54) is 12.3 Å². The number of halogens is 1. The van der Waals surface area contributed by atoms with Crippen molar-refractivity contribution in [3.05, 3.63) is 97.8 Å². The zero-order valence-corrected chi connectivity index (χ0v) is 20.6. The van der Waals surface area contributed by atoms with Crippen molar-refractivity contribution in [2.24, 2.45) is 5.10 Å². The van der Waals surface area contributed by atoms with Gasteiger partial charge in [-0.3, -0.25) is 14.9 Å². The van der Waals surface area contributed by atoms with Gasteiger partial charge in [-0.15, -0.1) is 0 Å². The van der Waals surface area contributed by atoms with E-state index in [-0.39, 0.29) is 28.3 Å². The number of nitro groups is 1. The Morgan fingerprint density at radius 2 is 1.86 bits per heavy atom. The minimum atomic E-state index is -0.705. The summed E-state index contributed by atoms with van der Waals surface area (Å²) >= 11 is 6.12. The normalized spacial score (nSPS) is 11.2. The molecule has 0 aliphatic rings. The van der Waals surface area contributed by atoms with Crippen LogP contribution in [-0.4, -0.2) is 39.5 Å². The van der Waals surface area contributed by atoms with Gasteiger partial charge in [-0.25, -0.2) is 9.78 Å². The van der Waals surface area contributed by atoms with Gasteiger partial charge in [-0.1, -0.05) is 54.1 Å². The largest absolute Gasteiger partial charge is 0.474 e. The first-order chi connectivity index (χ1) is 17.7. The van der Waals surface area contributed by atoms with E-state index in [0.717, 1.165) is 10.7 Å². The zero-order chi connectivity index (χ0) is 26.5. The fourth-order valence-corrected chi connectivity index (χ4v) is 3.76. The van der Waals surface area contributed by atoms with Crippen molar-refractivity contribution in [3.8, 4) is 17.1 Å². The number of para-hydroxylation sites is 1. The minimum absolute atomic E-state index is 0.0394. The Kier molecular flexibility index (Phi) is 7.59. The van der Waals surface area contributed by atoms with Gasteiger partial charge in [0.25, 0.3) is 5.56 Å². The molecule has 11 heteroatoms. The lowest BCUT2D eigenvalue weighted by atomic mass is 10.2. The van der Waals surface area contributed by atoms with Crippen LogP contribution < -0.4 is 10.3 Å². The molecule has 0 saturated heterocycles. The first-order valence-corrected chi connectivity index (χ1v) is 11.5. The van der Waals surface area contributed by atoms with Crippen LogP contribution in [0.2, 0.25) is 5.02 Å². The summed E-state index contributed by atoms with van der Waals surface area (Å²) < 4.78 is 11.6. The van der Waals surface area contributed by atoms with Crippen LogP contribution in [0.15, 0.2) is 76.6 Å². The summed E-state index contributed by atoms with van der Waals surface area (Å²) in [5.41, 5.74) is 0.283. The number of aromatic nitrogens is 2. The number of nitrogens with zero attached hydrogens (tertiary/aromatic N) is 4. The topological polar surface area (TPSA) is 126 Å². The molecule has 0 spiro atoms. The van der Waals surface area contributed by atoms with Crippen molar-refractivity contribution in [3.63, 3.8) is 0 Å². The van der Waals surface area contributed by atoms with Crippen molar-refractivity contribution in [1.82, 2.24) is 9.66 Å². The molecule has 0 radical (unpaired) electrons. The number of hydrogen-bond acceptors (Lipinski definition) is 8. The first-order valence-electron chi connectivity index (χ1n) is 11.2. The van der Waals surface area contributed by atoms with Crippen LogP contribution >= 0.6 is 11.6 Å². The third kappa shape index (κ3) is 5.81. The molecule has 1 heterocycles. The standard InChI is InChI=1S/C26H21ClN4O6/c1-16(2)37-23(32)15-36-24-18(12-19(27)13-22(24)31(34)35)14-28-30-25(17-8-4-3-5-9-17)29-21-11-7-6-10-20(21)26(30)33/h3-14,16H,15H2,1-2H3. The highest BCUT2D eigenvalue weighted by Gasteiger charge is 2.22. The van der Waals surface area contributed by atoms with Crippen LogP contribution in [0.4, 0.5) is 5.69 Å². The number of ether oxygens (including phenoxy) is 2. The molecule has 0 saturated carbocycles. The molecule has 37 heavy (non-hydrogen) atoms. The maximum absolute atomic E-state index is 13.4. The van der Waals surface area contributed by atoms with Crippen molar-refractivity contribution in [2.45, 2.75) is 20.0 Å². The molecular formula is C26H21ClN4O6. The van der Waals surface area contributed by atoms with Crippen LogP contribution in [0, 0.1) is 10.1 Å². The van der Waals surface area contributed by atoms with E-state index in [1.54, 1.807) is 62.4 Å². The molecular weight excluding hydrogens is 500 g/mol. The molecule has 0 aliphatic heterocycles. The highest BCUT2D eigenvalue weighted by molar-refractivity contribution is 6.31. The zero-order valence-electron chi connectivity index (χ0n) is 19.8. The first kappa shape index (κ1) is 25.5. The predicted molar refractivity (Wildman–Crippen MR) is 139 cm³/mol. The van der Waals surface area contributed by atoms with Gasteiger partial charge in [-0.05, 0) is 32.0 Å². The van der Waals surface area contributed by atoms with Crippen molar-refractivity contribution < 1.29 is 19.2 Å². The minimum Gasteiger partial charge on any atom is -0.474 e. The van der Waals surface area contributed by atoms with Gasteiger partial charge in [0.2, 0.25) is 5.75 Å². The van der Waals surface area contributed by atoms with Crippen LogP contribution in [0.5, 0.6) is 5.75 Å². The molecule has 0 atom stereocenters. The fourth-order valence-electron chi connectivity index (χ4n) is 3.54. The van der Waals surface area contributed by atoms with Gasteiger partial charge in [0.1, 0.15) is 0 Å². The van der Waals surface area contributed by atoms with Gasteiger partial charge in [0.15, 0.2) is 12.4 Å². The van der Waals surface area contributed by atoms with Gasteiger partial charge >= 0.3 is 11.7 Å². The van der Waals surface area contributed by atoms with Crippen LogP contribution in [0.1, 0.15) is 19.4 Å². The maximum Gasteiger partial charge on any atom is 0.344 e. The maximum atomic E-state index is 13.4. The van der Waals surface area contributed by atoms with Crippen molar-refractivity contribution in [1.29, 1.82) is 0 Å². The Bertz CT molecular complexity index is 1570. The lowest BCUT2D eigenvalue weighted by Crippen LogP contribution is -2.21.